The predicted molar refractivity (Wildman–Crippen MR) is 90.8 cm³/mol. The molecule has 0 saturated heterocycles. The maximum Gasteiger partial charge on any atom is 0.305 e. The summed E-state index contributed by atoms with van der Waals surface area (Å²) < 4.78 is 38.6. The molecule has 3 N–H and O–H groups in total. The monoisotopic (exact) mass is 370 g/mol. The summed E-state index contributed by atoms with van der Waals surface area (Å²) in [7, 11) is 1.36. The molecule has 6 nitrogen and oxygen atoms in total. The zero-order chi connectivity index (χ0) is 19.1. The SMILES string of the molecule is COC(=O)C[C@H]1CC[C@@H](Oc2cc(F)c(C(=O)NCCN)cc2F)CC1. The number of benzene rings is 1. The molecule has 0 unspecified atom stereocenters. The minimum absolute atomic E-state index is 0.174. The third kappa shape index (κ3) is 5.39. The van der Waals surface area contributed by atoms with E-state index in [0.29, 0.717) is 19.3 Å². The summed E-state index contributed by atoms with van der Waals surface area (Å²) in [6, 6.07) is 1.73. The van der Waals surface area contributed by atoms with Gasteiger partial charge in [-0.2, -0.15) is 0 Å². The third-order valence-electron chi connectivity index (χ3n) is 4.47. The van der Waals surface area contributed by atoms with Crippen LogP contribution in [0.4, 0.5) is 8.78 Å². The lowest BCUT2D eigenvalue weighted by Crippen LogP contribution is -2.30. The van der Waals surface area contributed by atoms with E-state index < -0.39 is 17.5 Å². The minimum Gasteiger partial charge on any atom is -0.487 e. The quantitative estimate of drug-likeness (QED) is 0.718. The van der Waals surface area contributed by atoms with Crippen LogP contribution in [0.2, 0.25) is 0 Å². The first-order chi connectivity index (χ1) is 12.4. The number of hydrogen-bond acceptors (Lipinski definition) is 5. The fourth-order valence-corrected chi connectivity index (χ4v) is 3.03. The molecule has 144 valence electrons. The van der Waals surface area contributed by atoms with E-state index in [4.69, 9.17) is 10.5 Å². The lowest BCUT2D eigenvalue weighted by molar-refractivity contribution is -0.142. The van der Waals surface area contributed by atoms with Gasteiger partial charge in [0.25, 0.3) is 5.91 Å². The largest absolute Gasteiger partial charge is 0.487 e. The van der Waals surface area contributed by atoms with Gasteiger partial charge >= 0.3 is 5.97 Å². The van der Waals surface area contributed by atoms with E-state index in [1.807, 2.05) is 0 Å². The van der Waals surface area contributed by atoms with E-state index in [9.17, 15) is 18.4 Å². The van der Waals surface area contributed by atoms with Crippen molar-refractivity contribution in [3.63, 3.8) is 0 Å². The maximum absolute atomic E-state index is 14.2. The average molecular weight is 370 g/mol. The van der Waals surface area contributed by atoms with Gasteiger partial charge in [0, 0.05) is 25.6 Å². The highest BCUT2D eigenvalue weighted by Crippen LogP contribution is 2.31. The van der Waals surface area contributed by atoms with Crippen molar-refractivity contribution in [2.75, 3.05) is 20.2 Å². The first-order valence-corrected chi connectivity index (χ1v) is 8.65. The number of esters is 1. The van der Waals surface area contributed by atoms with Gasteiger partial charge < -0.3 is 20.5 Å². The molecule has 8 heteroatoms. The standard InChI is InChI=1S/C18H24F2N2O4/c1-25-17(23)8-11-2-4-12(5-3-11)26-16-10-14(19)13(9-15(16)20)18(24)22-7-6-21/h9-12H,2-8,21H2,1H3,(H,22,24)/t11-,12+. The van der Waals surface area contributed by atoms with Gasteiger partial charge in [-0.3, -0.25) is 9.59 Å². The molecule has 1 aliphatic rings. The minimum atomic E-state index is -0.852. The summed E-state index contributed by atoms with van der Waals surface area (Å²) in [4.78, 5) is 23.1. The van der Waals surface area contributed by atoms with Gasteiger partial charge in [-0.25, -0.2) is 8.78 Å². The Balaban J connectivity index is 1.95. The maximum atomic E-state index is 14.2. The molecule has 0 radical (unpaired) electrons. The fourth-order valence-electron chi connectivity index (χ4n) is 3.03. The van der Waals surface area contributed by atoms with E-state index >= 15 is 0 Å². The molecule has 0 aliphatic heterocycles. The van der Waals surface area contributed by atoms with Crippen LogP contribution in [-0.2, 0) is 9.53 Å². The number of rotatable bonds is 7. The molecule has 26 heavy (non-hydrogen) atoms. The first kappa shape index (κ1) is 20.1. The van der Waals surface area contributed by atoms with Crippen LogP contribution in [0.3, 0.4) is 0 Å². The van der Waals surface area contributed by atoms with Crippen LogP contribution in [-0.4, -0.2) is 38.2 Å². The van der Waals surface area contributed by atoms with Crippen LogP contribution < -0.4 is 15.8 Å². The Morgan fingerprint density at radius 1 is 1.19 bits per heavy atom. The molecule has 1 fully saturated rings. The van der Waals surface area contributed by atoms with Crippen LogP contribution in [0.15, 0.2) is 12.1 Å². The van der Waals surface area contributed by atoms with E-state index in [1.165, 1.54) is 7.11 Å². The van der Waals surface area contributed by atoms with Crippen molar-refractivity contribution in [2.45, 2.75) is 38.2 Å². The number of methoxy groups -OCH3 is 1. The van der Waals surface area contributed by atoms with Crippen LogP contribution in [0.1, 0.15) is 42.5 Å². The highest BCUT2D eigenvalue weighted by atomic mass is 19.1. The summed E-state index contributed by atoms with van der Waals surface area (Å²) in [5.41, 5.74) is 4.88. The molecule has 0 spiro atoms. The summed E-state index contributed by atoms with van der Waals surface area (Å²) >= 11 is 0. The van der Waals surface area contributed by atoms with Crippen molar-refractivity contribution < 1.29 is 27.8 Å². The van der Waals surface area contributed by atoms with Crippen LogP contribution in [0.5, 0.6) is 5.75 Å². The second-order valence-electron chi connectivity index (χ2n) is 6.35. The summed E-state index contributed by atoms with van der Waals surface area (Å²) in [5, 5.41) is 2.39. The highest BCUT2D eigenvalue weighted by Gasteiger charge is 2.26. The highest BCUT2D eigenvalue weighted by molar-refractivity contribution is 5.94. The molecule has 1 saturated carbocycles. The Morgan fingerprint density at radius 3 is 2.50 bits per heavy atom. The van der Waals surface area contributed by atoms with Crippen LogP contribution in [0.25, 0.3) is 0 Å². The van der Waals surface area contributed by atoms with Gasteiger partial charge in [-0.05, 0) is 37.7 Å². The molecule has 1 amide bonds. The number of nitrogens with one attached hydrogen (secondary N) is 1. The molecule has 1 aliphatic carbocycles. The van der Waals surface area contributed by atoms with Gasteiger partial charge in [-0.15, -0.1) is 0 Å². The zero-order valence-electron chi connectivity index (χ0n) is 14.7. The molecule has 1 aromatic rings. The lowest BCUT2D eigenvalue weighted by atomic mass is 9.85. The molecule has 0 heterocycles. The smallest absolute Gasteiger partial charge is 0.305 e. The molecule has 0 bridgehead atoms. The average Bonchev–Trinajstić information content (AvgIpc) is 2.63. The van der Waals surface area contributed by atoms with Crippen molar-refractivity contribution in [3.8, 4) is 5.75 Å². The van der Waals surface area contributed by atoms with Gasteiger partial charge in [0.15, 0.2) is 11.6 Å². The van der Waals surface area contributed by atoms with Crippen LogP contribution in [0, 0.1) is 17.6 Å². The molecule has 2 rings (SSSR count). The van der Waals surface area contributed by atoms with Gasteiger partial charge in [0.2, 0.25) is 0 Å². The Labute approximate surface area is 151 Å². The number of halogens is 2. The van der Waals surface area contributed by atoms with Crippen LogP contribution >= 0.6 is 0 Å². The summed E-state index contributed by atoms with van der Waals surface area (Å²) in [6.07, 6.45) is 2.89. The van der Waals surface area contributed by atoms with E-state index in [0.717, 1.165) is 25.0 Å². The second kappa shape index (κ2) is 9.47. The Bertz CT molecular complexity index is 646. The van der Waals surface area contributed by atoms with E-state index in [1.54, 1.807) is 0 Å². The zero-order valence-corrected chi connectivity index (χ0v) is 14.7. The van der Waals surface area contributed by atoms with Gasteiger partial charge in [-0.1, -0.05) is 0 Å². The van der Waals surface area contributed by atoms with Gasteiger partial charge in [0.05, 0.1) is 18.8 Å². The number of hydrogen-bond donors (Lipinski definition) is 2. The molecule has 1 aromatic carbocycles. The molecule has 0 aromatic heterocycles. The molecular formula is C18H24F2N2O4. The summed E-state index contributed by atoms with van der Waals surface area (Å²) in [5.74, 6) is -2.60. The number of amides is 1. The second-order valence-corrected chi connectivity index (χ2v) is 6.35. The lowest BCUT2D eigenvalue weighted by Gasteiger charge is -2.28. The number of nitrogens with two attached hydrogens (primary N) is 1. The Hall–Kier alpha value is -2.22. The normalized spacial score (nSPS) is 19.7. The topological polar surface area (TPSA) is 90.6 Å². The number of carbonyl (C=O) groups is 2. The van der Waals surface area contributed by atoms with Crippen molar-refractivity contribution in [1.82, 2.24) is 5.32 Å². The van der Waals surface area contributed by atoms with Crippen molar-refractivity contribution >= 4 is 11.9 Å². The number of carbonyl (C=O) groups excluding carboxylic acids is 2. The van der Waals surface area contributed by atoms with E-state index in [2.05, 4.69) is 10.1 Å². The Morgan fingerprint density at radius 2 is 1.88 bits per heavy atom. The fraction of sp³-hybridized carbons (Fsp3) is 0.556. The number of ether oxygens (including phenoxy) is 2. The predicted octanol–water partition coefficient (Wildman–Crippen LogP) is 2.15. The molecule has 0 atom stereocenters. The van der Waals surface area contributed by atoms with E-state index in [-0.39, 0.29) is 42.4 Å². The van der Waals surface area contributed by atoms with Crippen molar-refractivity contribution in [1.29, 1.82) is 0 Å². The molecular weight excluding hydrogens is 346 g/mol. The Kier molecular flexibility index (Phi) is 7.32. The van der Waals surface area contributed by atoms with Crippen molar-refractivity contribution in [3.05, 3.63) is 29.3 Å². The van der Waals surface area contributed by atoms with Crippen molar-refractivity contribution in [2.24, 2.45) is 11.7 Å². The third-order valence-corrected chi connectivity index (χ3v) is 4.47. The summed E-state index contributed by atoms with van der Waals surface area (Å²) in [6.45, 7) is 0.378. The first-order valence-electron chi connectivity index (χ1n) is 8.65. The van der Waals surface area contributed by atoms with Gasteiger partial charge in [0.1, 0.15) is 5.82 Å².